The first-order valence-corrected chi connectivity index (χ1v) is 9.88. The molecule has 2 unspecified atom stereocenters. The maximum atomic E-state index is 12.7. The smallest absolute Gasteiger partial charge is 0.335 e. The van der Waals surface area contributed by atoms with Crippen LogP contribution in [0, 0.1) is 11.8 Å². The Hall–Kier alpha value is -1.89. The van der Waals surface area contributed by atoms with Crippen LogP contribution in [0.5, 0.6) is 0 Å². The molecule has 0 saturated carbocycles. The number of piperidine rings is 2. The molecule has 0 spiro atoms. The van der Waals surface area contributed by atoms with Gasteiger partial charge in [-0.25, -0.2) is 4.79 Å². The summed E-state index contributed by atoms with van der Waals surface area (Å²) in [6.07, 6.45) is 4.42. The fraction of sp³-hybridized carbons (Fsp3) is 0.750. The molecule has 0 N–H and O–H groups in total. The zero-order valence-corrected chi connectivity index (χ0v) is 16.5. The van der Waals surface area contributed by atoms with E-state index in [2.05, 4.69) is 13.5 Å². The minimum atomic E-state index is -0.730. The molecule has 0 aliphatic carbocycles. The van der Waals surface area contributed by atoms with E-state index in [0.29, 0.717) is 31.8 Å². The summed E-state index contributed by atoms with van der Waals surface area (Å²) in [5.41, 5.74) is 0. The number of hydrogen-bond acceptors (Lipinski definition) is 5. The van der Waals surface area contributed by atoms with E-state index in [-0.39, 0.29) is 30.9 Å². The average molecular weight is 380 g/mol. The van der Waals surface area contributed by atoms with E-state index in [9.17, 15) is 14.4 Å². The van der Waals surface area contributed by atoms with E-state index in [4.69, 9.17) is 9.47 Å². The van der Waals surface area contributed by atoms with Crippen molar-refractivity contribution in [2.24, 2.45) is 11.8 Å². The molecule has 152 valence electrons. The second-order valence-corrected chi connectivity index (χ2v) is 7.56. The Morgan fingerprint density at radius 2 is 1.85 bits per heavy atom. The molecular formula is C20H32N2O5. The lowest BCUT2D eigenvalue weighted by Crippen LogP contribution is -2.47. The number of nitrogens with zero attached hydrogens (tertiary/aromatic N) is 2. The maximum Gasteiger partial charge on any atom is 0.335 e. The lowest BCUT2D eigenvalue weighted by atomic mass is 9.93. The van der Waals surface area contributed by atoms with E-state index < -0.39 is 12.1 Å². The van der Waals surface area contributed by atoms with E-state index in [1.807, 2.05) is 4.90 Å². The van der Waals surface area contributed by atoms with Crippen LogP contribution in [0.2, 0.25) is 0 Å². The minimum absolute atomic E-state index is 0.00535. The lowest BCUT2D eigenvalue weighted by Gasteiger charge is -2.37. The number of ether oxygens (including phenoxy) is 2. The van der Waals surface area contributed by atoms with Crippen molar-refractivity contribution in [1.82, 2.24) is 9.80 Å². The summed E-state index contributed by atoms with van der Waals surface area (Å²) in [5.74, 6) is 0.00523. The van der Waals surface area contributed by atoms with Crippen molar-refractivity contribution in [3.8, 4) is 0 Å². The van der Waals surface area contributed by atoms with Crippen LogP contribution in [0.25, 0.3) is 0 Å². The van der Waals surface area contributed by atoms with Gasteiger partial charge in [0.05, 0.1) is 6.61 Å². The van der Waals surface area contributed by atoms with Crippen molar-refractivity contribution >= 4 is 17.8 Å². The number of likely N-dealkylation sites (tertiary alicyclic amines) is 2. The van der Waals surface area contributed by atoms with Crippen LogP contribution in [0.1, 0.15) is 39.5 Å². The van der Waals surface area contributed by atoms with Crippen molar-refractivity contribution in [3.05, 3.63) is 12.7 Å². The molecule has 2 aliphatic rings. The van der Waals surface area contributed by atoms with Gasteiger partial charge in [-0.05, 0) is 38.5 Å². The van der Waals surface area contributed by atoms with Crippen LogP contribution in [-0.2, 0) is 23.9 Å². The molecule has 2 saturated heterocycles. The highest BCUT2D eigenvalue weighted by Crippen LogP contribution is 2.23. The fourth-order valence-electron chi connectivity index (χ4n) is 3.65. The van der Waals surface area contributed by atoms with Crippen LogP contribution >= 0.6 is 0 Å². The molecule has 2 heterocycles. The third kappa shape index (κ3) is 6.34. The largest absolute Gasteiger partial charge is 0.454 e. The van der Waals surface area contributed by atoms with Gasteiger partial charge in [0.1, 0.15) is 0 Å². The number of carbonyl (C=O) groups is 3. The van der Waals surface area contributed by atoms with Crippen LogP contribution in [0.15, 0.2) is 12.7 Å². The summed E-state index contributed by atoms with van der Waals surface area (Å²) >= 11 is 0. The van der Waals surface area contributed by atoms with Gasteiger partial charge in [0.25, 0.3) is 5.91 Å². The van der Waals surface area contributed by atoms with Crippen molar-refractivity contribution < 1.29 is 23.9 Å². The van der Waals surface area contributed by atoms with Crippen LogP contribution in [-0.4, -0.2) is 73.1 Å². The summed E-state index contributed by atoms with van der Waals surface area (Å²) < 4.78 is 10.2. The molecule has 2 amide bonds. The quantitative estimate of drug-likeness (QED) is 0.495. The molecule has 7 nitrogen and oxygen atoms in total. The second-order valence-electron chi connectivity index (χ2n) is 7.56. The monoisotopic (exact) mass is 380 g/mol. The number of amides is 2. The molecule has 27 heavy (non-hydrogen) atoms. The van der Waals surface area contributed by atoms with Crippen LogP contribution in [0.3, 0.4) is 0 Å². The van der Waals surface area contributed by atoms with Crippen LogP contribution in [0.4, 0.5) is 0 Å². The number of rotatable bonds is 7. The summed E-state index contributed by atoms with van der Waals surface area (Å²) in [4.78, 5) is 40.4. The summed E-state index contributed by atoms with van der Waals surface area (Å²) in [5, 5.41) is 0. The minimum Gasteiger partial charge on any atom is -0.454 e. The third-order valence-electron chi connectivity index (χ3n) is 5.30. The van der Waals surface area contributed by atoms with Crippen molar-refractivity contribution in [2.45, 2.75) is 45.6 Å². The van der Waals surface area contributed by atoms with E-state index in [1.165, 1.54) is 6.42 Å². The first kappa shape index (κ1) is 21.4. The van der Waals surface area contributed by atoms with Gasteiger partial charge in [0, 0.05) is 32.1 Å². The Labute approximate surface area is 161 Å². The van der Waals surface area contributed by atoms with Crippen molar-refractivity contribution in [2.75, 3.05) is 39.4 Å². The first-order chi connectivity index (χ1) is 12.9. The standard InChI is InChI=1S/C20H32N2O5/c1-4-12-26-16(3)20(25)27-14-18(23)21-10-7-17(8-11-21)19(24)22-9-5-6-15(2)13-22/h4,15-17H,1,5-14H2,2-3H3. The third-order valence-corrected chi connectivity index (χ3v) is 5.30. The molecular weight excluding hydrogens is 348 g/mol. The normalized spacial score (nSPS) is 22.2. The Kier molecular flexibility index (Phi) is 8.28. The maximum absolute atomic E-state index is 12.7. The first-order valence-electron chi connectivity index (χ1n) is 9.88. The summed E-state index contributed by atoms with van der Waals surface area (Å²) in [6.45, 7) is 9.99. The molecule has 2 atom stereocenters. The van der Waals surface area contributed by atoms with Crippen molar-refractivity contribution in [1.29, 1.82) is 0 Å². The Morgan fingerprint density at radius 1 is 1.15 bits per heavy atom. The van der Waals surface area contributed by atoms with E-state index >= 15 is 0 Å². The summed E-state index contributed by atoms with van der Waals surface area (Å²) in [7, 11) is 0. The second kappa shape index (κ2) is 10.4. The Bertz CT molecular complexity index is 542. The van der Waals surface area contributed by atoms with Gasteiger partial charge in [0.2, 0.25) is 5.91 Å². The van der Waals surface area contributed by atoms with Crippen molar-refractivity contribution in [3.63, 3.8) is 0 Å². The van der Waals surface area contributed by atoms with Gasteiger partial charge in [-0.15, -0.1) is 6.58 Å². The molecule has 2 rings (SSSR count). The van der Waals surface area contributed by atoms with Gasteiger partial charge in [-0.2, -0.15) is 0 Å². The molecule has 0 aromatic carbocycles. The van der Waals surface area contributed by atoms with Crippen LogP contribution < -0.4 is 0 Å². The van der Waals surface area contributed by atoms with Gasteiger partial charge in [0.15, 0.2) is 12.7 Å². The molecule has 2 fully saturated rings. The molecule has 2 aliphatic heterocycles. The topological polar surface area (TPSA) is 76.1 Å². The average Bonchev–Trinajstić information content (AvgIpc) is 2.69. The number of hydrogen-bond donors (Lipinski definition) is 0. The molecule has 0 bridgehead atoms. The zero-order valence-electron chi connectivity index (χ0n) is 16.5. The summed E-state index contributed by atoms with van der Waals surface area (Å²) in [6, 6.07) is 0. The predicted octanol–water partition coefficient (Wildman–Crippen LogP) is 1.62. The lowest BCUT2D eigenvalue weighted by molar-refractivity contribution is -0.161. The molecule has 0 aromatic heterocycles. The number of esters is 1. The highest BCUT2D eigenvalue weighted by molar-refractivity contribution is 5.83. The fourth-order valence-corrected chi connectivity index (χ4v) is 3.65. The Balaban J connectivity index is 1.71. The van der Waals surface area contributed by atoms with Gasteiger partial charge >= 0.3 is 5.97 Å². The SMILES string of the molecule is C=CCOC(C)C(=O)OCC(=O)N1CCC(C(=O)N2CCCC(C)C2)CC1. The molecule has 7 heteroatoms. The predicted molar refractivity (Wildman–Crippen MR) is 101 cm³/mol. The van der Waals surface area contributed by atoms with E-state index in [0.717, 1.165) is 19.5 Å². The zero-order chi connectivity index (χ0) is 19.8. The highest BCUT2D eigenvalue weighted by Gasteiger charge is 2.32. The van der Waals surface area contributed by atoms with E-state index in [1.54, 1.807) is 17.9 Å². The van der Waals surface area contributed by atoms with Gasteiger partial charge in [-0.1, -0.05) is 13.0 Å². The Morgan fingerprint density at radius 3 is 2.48 bits per heavy atom. The van der Waals surface area contributed by atoms with Gasteiger partial charge < -0.3 is 19.3 Å². The molecule has 0 aromatic rings. The molecule has 0 radical (unpaired) electrons. The van der Waals surface area contributed by atoms with Gasteiger partial charge in [-0.3, -0.25) is 9.59 Å². The highest BCUT2D eigenvalue weighted by atomic mass is 16.6. The number of carbonyl (C=O) groups excluding carboxylic acids is 3.